The molecule has 0 bridgehead atoms. The maximum atomic E-state index is 9.86. The van der Waals surface area contributed by atoms with Gasteiger partial charge in [-0.25, -0.2) is 4.21 Å². The minimum absolute atomic E-state index is 0.145. The highest BCUT2D eigenvalue weighted by atomic mass is 32.2. The number of aliphatic hydroxyl groups excluding tert-OH is 2. The van der Waals surface area contributed by atoms with Crippen LogP contribution in [0.5, 0.6) is 0 Å². The number of rotatable bonds is 4. The molecule has 5 nitrogen and oxygen atoms in total. The summed E-state index contributed by atoms with van der Waals surface area (Å²) in [6.07, 6.45) is 0. The Hall–Kier alpha value is -0.0100. The molecule has 0 aromatic heterocycles. The first-order chi connectivity index (χ1) is 4.18. The summed E-state index contributed by atoms with van der Waals surface area (Å²) in [6, 6.07) is 0. The van der Waals surface area contributed by atoms with Crippen molar-refractivity contribution in [2.75, 3.05) is 13.2 Å². The molecule has 0 saturated carbocycles. The lowest BCUT2D eigenvalue weighted by Gasteiger charge is -2.04. The van der Waals surface area contributed by atoms with Crippen molar-refractivity contribution in [2.24, 2.45) is 0 Å². The molecular formula is C3H8O5S. The first-order valence-corrected chi connectivity index (χ1v) is 3.35. The van der Waals surface area contributed by atoms with Crippen molar-refractivity contribution < 1.29 is 23.7 Å². The van der Waals surface area contributed by atoms with Gasteiger partial charge in [0.15, 0.2) is 0 Å². The van der Waals surface area contributed by atoms with Gasteiger partial charge >= 0.3 is 0 Å². The van der Waals surface area contributed by atoms with Crippen molar-refractivity contribution in [1.29, 1.82) is 0 Å². The second-order valence-corrected chi connectivity index (χ2v) is 2.13. The van der Waals surface area contributed by atoms with Crippen molar-refractivity contribution in [1.82, 2.24) is 0 Å². The minimum Gasteiger partial charge on any atom is -0.394 e. The highest BCUT2D eigenvalue weighted by Crippen LogP contribution is 1.88. The summed E-state index contributed by atoms with van der Waals surface area (Å²) >= 11 is -2.39. The van der Waals surface area contributed by atoms with Crippen molar-refractivity contribution >= 4 is 11.1 Å². The molecule has 0 rings (SSSR count). The van der Waals surface area contributed by atoms with Gasteiger partial charge in [0.05, 0.1) is 13.2 Å². The van der Waals surface area contributed by atoms with Gasteiger partial charge in [-0.1, -0.05) is 0 Å². The van der Waals surface area contributed by atoms with Crippen molar-refractivity contribution in [3.05, 3.63) is 0 Å². The first kappa shape index (κ1) is 8.99. The summed E-state index contributed by atoms with van der Waals surface area (Å²) in [6.45, 7) is -0.429. The van der Waals surface area contributed by atoms with E-state index in [9.17, 15) is 4.21 Å². The van der Waals surface area contributed by atoms with Crippen molar-refractivity contribution in [2.45, 2.75) is 5.62 Å². The number of ether oxygens (including phenoxy) is 1. The maximum Gasteiger partial charge on any atom is 0.260 e. The van der Waals surface area contributed by atoms with Gasteiger partial charge in [0, 0.05) is 0 Å². The average Bonchev–Trinajstić information content (AvgIpc) is 1.82. The Morgan fingerprint density at radius 2 is 2.22 bits per heavy atom. The zero-order valence-electron chi connectivity index (χ0n) is 4.56. The molecule has 0 spiro atoms. The van der Waals surface area contributed by atoms with E-state index in [0.717, 1.165) is 0 Å². The van der Waals surface area contributed by atoms with Crippen LogP contribution in [0.3, 0.4) is 0 Å². The van der Waals surface area contributed by atoms with Gasteiger partial charge in [-0.05, 0) is 0 Å². The van der Waals surface area contributed by atoms with Crippen LogP contribution in [0.4, 0.5) is 0 Å². The van der Waals surface area contributed by atoms with E-state index in [1.54, 1.807) is 0 Å². The van der Waals surface area contributed by atoms with E-state index >= 15 is 0 Å². The van der Waals surface area contributed by atoms with Crippen LogP contribution in [0.2, 0.25) is 0 Å². The Morgan fingerprint density at radius 1 is 1.67 bits per heavy atom. The number of hydrogen-bond acceptors (Lipinski definition) is 4. The molecule has 0 aromatic carbocycles. The quantitative estimate of drug-likeness (QED) is 0.340. The average molecular weight is 156 g/mol. The Balaban J connectivity index is 3.27. The van der Waals surface area contributed by atoms with Crippen LogP contribution in [-0.2, 0) is 15.8 Å². The highest BCUT2D eigenvalue weighted by molar-refractivity contribution is 7.79. The SMILES string of the molecule is O=S(O)C(O)OCCO. The van der Waals surface area contributed by atoms with Crippen LogP contribution in [-0.4, -0.2) is 37.8 Å². The lowest BCUT2D eigenvalue weighted by atomic mass is 10.8. The van der Waals surface area contributed by atoms with Crippen LogP contribution < -0.4 is 0 Å². The lowest BCUT2D eigenvalue weighted by Crippen LogP contribution is -2.19. The monoisotopic (exact) mass is 156 g/mol. The minimum atomic E-state index is -2.39. The van der Waals surface area contributed by atoms with Crippen LogP contribution in [0, 0.1) is 0 Å². The van der Waals surface area contributed by atoms with Gasteiger partial charge in [0.2, 0.25) is 11.1 Å². The Labute approximate surface area is 54.5 Å². The summed E-state index contributed by atoms with van der Waals surface area (Å²) in [5, 5.41) is 16.5. The largest absolute Gasteiger partial charge is 0.394 e. The van der Waals surface area contributed by atoms with E-state index in [4.69, 9.17) is 14.8 Å². The molecule has 0 aliphatic carbocycles. The summed E-state index contributed by atoms with van der Waals surface area (Å²) in [5.41, 5.74) is -1.71. The van der Waals surface area contributed by atoms with E-state index < -0.39 is 16.7 Å². The molecule has 0 aliphatic rings. The lowest BCUT2D eigenvalue weighted by molar-refractivity contribution is -0.0511. The molecule has 3 N–H and O–H groups in total. The molecule has 0 fully saturated rings. The van der Waals surface area contributed by atoms with Crippen LogP contribution in [0.15, 0.2) is 0 Å². The topological polar surface area (TPSA) is 87.0 Å². The maximum absolute atomic E-state index is 9.86. The molecule has 0 aromatic rings. The normalized spacial score (nSPS) is 17.2. The molecule has 56 valence electrons. The predicted molar refractivity (Wildman–Crippen MR) is 29.8 cm³/mol. The van der Waals surface area contributed by atoms with Gasteiger partial charge in [0.1, 0.15) is 0 Å². The molecular weight excluding hydrogens is 148 g/mol. The molecule has 9 heavy (non-hydrogen) atoms. The molecule has 2 atom stereocenters. The Morgan fingerprint density at radius 3 is 2.56 bits per heavy atom. The second-order valence-electron chi connectivity index (χ2n) is 1.18. The van der Waals surface area contributed by atoms with Crippen molar-refractivity contribution in [3.63, 3.8) is 0 Å². The Bertz CT molecular complexity index is 94.2. The summed E-state index contributed by atoms with van der Waals surface area (Å²) < 4.78 is 22.1. The molecule has 0 heterocycles. The molecule has 6 heteroatoms. The zero-order valence-corrected chi connectivity index (χ0v) is 5.37. The van der Waals surface area contributed by atoms with Gasteiger partial charge in [0.25, 0.3) is 5.62 Å². The molecule has 0 aliphatic heterocycles. The van der Waals surface area contributed by atoms with E-state index in [2.05, 4.69) is 4.74 Å². The van der Waals surface area contributed by atoms with Crippen LogP contribution in [0.25, 0.3) is 0 Å². The van der Waals surface area contributed by atoms with E-state index in [-0.39, 0.29) is 13.2 Å². The Kier molecular flexibility index (Phi) is 4.83. The van der Waals surface area contributed by atoms with E-state index in [1.807, 2.05) is 0 Å². The predicted octanol–water partition coefficient (Wildman–Crippen LogP) is -1.51. The summed E-state index contributed by atoms with van der Waals surface area (Å²) in [5.74, 6) is 0. The van der Waals surface area contributed by atoms with Crippen LogP contribution in [0.1, 0.15) is 0 Å². The first-order valence-electron chi connectivity index (χ1n) is 2.18. The number of aliphatic hydroxyl groups is 2. The van der Waals surface area contributed by atoms with Crippen LogP contribution >= 0.6 is 0 Å². The summed E-state index contributed by atoms with van der Waals surface area (Å²) in [7, 11) is 0. The third-order valence-electron chi connectivity index (χ3n) is 0.524. The fourth-order valence-corrected chi connectivity index (χ4v) is 0.424. The molecule has 0 amide bonds. The standard InChI is InChI=1S/C3H8O5S/c4-1-2-8-3(5)9(6)7/h3-5H,1-2H2,(H,6,7). The smallest absolute Gasteiger partial charge is 0.260 e. The van der Waals surface area contributed by atoms with E-state index in [0.29, 0.717) is 0 Å². The van der Waals surface area contributed by atoms with Gasteiger partial charge in [-0.2, -0.15) is 0 Å². The van der Waals surface area contributed by atoms with E-state index in [1.165, 1.54) is 0 Å². The molecule has 2 unspecified atom stereocenters. The fourth-order valence-electron chi connectivity index (χ4n) is 0.212. The zero-order chi connectivity index (χ0) is 7.28. The fraction of sp³-hybridized carbons (Fsp3) is 1.00. The highest BCUT2D eigenvalue weighted by Gasteiger charge is 2.08. The van der Waals surface area contributed by atoms with Gasteiger partial charge < -0.3 is 19.5 Å². The number of hydrogen-bond donors (Lipinski definition) is 3. The molecule has 0 radical (unpaired) electrons. The third-order valence-corrected chi connectivity index (χ3v) is 1.01. The molecule has 0 saturated heterocycles. The van der Waals surface area contributed by atoms with Gasteiger partial charge in [-0.15, -0.1) is 0 Å². The third kappa shape index (κ3) is 4.49. The van der Waals surface area contributed by atoms with Gasteiger partial charge in [-0.3, -0.25) is 0 Å². The van der Waals surface area contributed by atoms with Crippen molar-refractivity contribution in [3.8, 4) is 0 Å². The second kappa shape index (κ2) is 4.83. The summed E-state index contributed by atoms with van der Waals surface area (Å²) in [4.78, 5) is 0.